The third-order valence-electron chi connectivity index (χ3n) is 1.82. The molecule has 15 heavy (non-hydrogen) atoms. The molecule has 82 valence electrons. The largest absolute Gasteiger partial charge is 0.358 e. The van der Waals surface area contributed by atoms with Crippen molar-refractivity contribution < 1.29 is 9.59 Å². The molecule has 0 bridgehead atoms. The second kappa shape index (κ2) is 5.27. The van der Waals surface area contributed by atoms with Gasteiger partial charge in [0, 0.05) is 19.5 Å². The summed E-state index contributed by atoms with van der Waals surface area (Å²) in [5, 5.41) is 4.22. The molecule has 1 aromatic heterocycles. The maximum Gasteiger partial charge on any atom is 0.254 e. The quantitative estimate of drug-likeness (QED) is 0.913. The monoisotopic (exact) mass is 290 g/mol. The van der Waals surface area contributed by atoms with Crippen molar-refractivity contribution in [3.05, 3.63) is 20.8 Å². The van der Waals surface area contributed by atoms with Crippen LogP contribution in [0.15, 0.2) is 15.2 Å². The molecule has 0 aromatic carbocycles. The van der Waals surface area contributed by atoms with E-state index in [-0.39, 0.29) is 18.4 Å². The Bertz CT molecular complexity index is 378. The lowest BCUT2D eigenvalue weighted by Crippen LogP contribution is -2.36. The minimum Gasteiger partial charge on any atom is -0.358 e. The first-order chi connectivity index (χ1) is 7.04. The molecule has 0 aliphatic rings. The van der Waals surface area contributed by atoms with Crippen molar-refractivity contribution in [2.45, 2.75) is 0 Å². The van der Waals surface area contributed by atoms with E-state index in [0.717, 1.165) is 3.79 Å². The fourth-order valence-corrected chi connectivity index (χ4v) is 2.14. The van der Waals surface area contributed by atoms with Gasteiger partial charge in [0.15, 0.2) is 0 Å². The summed E-state index contributed by atoms with van der Waals surface area (Å²) >= 11 is 4.73. The van der Waals surface area contributed by atoms with Crippen molar-refractivity contribution in [3.8, 4) is 0 Å². The Balaban J connectivity index is 2.64. The third-order valence-corrected chi connectivity index (χ3v) is 3.33. The summed E-state index contributed by atoms with van der Waals surface area (Å²) < 4.78 is 0.902. The van der Waals surface area contributed by atoms with Crippen molar-refractivity contribution in [1.29, 1.82) is 0 Å². The van der Waals surface area contributed by atoms with Gasteiger partial charge in [-0.3, -0.25) is 9.59 Å². The van der Waals surface area contributed by atoms with Crippen LogP contribution in [0.25, 0.3) is 0 Å². The number of nitrogens with zero attached hydrogens (tertiary/aromatic N) is 1. The Morgan fingerprint density at radius 3 is 2.73 bits per heavy atom. The van der Waals surface area contributed by atoms with Crippen molar-refractivity contribution in [1.82, 2.24) is 10.2 Å². The van der Waals surface area contributed by atoms with Gasteiger partial charge in [-0.05, 0) is 22.0 Å². The molecular formula is C9H11BrN2O2S. The van der Waals surface area contributed by atoms with Gasteiger partial charge in [-0.1, -0.05) is 0 Å². The summed E-state index contributed by atoms with van der Waals surface area (Å²) in [5.41, 5.74) is 0.596. The molecule has 1 rings (SSSR count). The van der Waals surface area contributed by atoms with Gasteiger partial charge in [0.2, 0.25) is 5.91 Å². The van der Waals surface area contributed by atoms with Gasteiger partial charge in [-0.15, -0.1) is 11.3 Å². The van der Waals surface area contributed by atoms with Crippen molar-refractivity contribution >= 4 is 39.1 Å². The van der Waals surface area contributed by atoms with Gasteiger partial charge in [-0.2, -0.15) is 0 Å². The molecule has 1 heterocycles. The lowest BCUT2D eigenvalue weighted by Gasteiger charge is -2.14. The molecular weight excluding hydrogens is 280 g/mol. The Labute approximate surface area is 100 Å². The summed E-state index contributed by atoms with van der Waals surface area (Å²) in [5.74, 6) is -0.333. The van der Waals surface area contributed by atoms with Crippen LogP contribution in [0, 0.1) is 0 Å². The second-order valence-electron chi connectivity index (χ2n) is 2.97. The average Bonchev–Trinajstić information content (AvgIpc) is 2.63. The number of thiophene rings is 1. The molecule has 0 aliphatic carbocycles. The molecule has 0 unspecified atom stereocenters. The van der Waals surface area contributed by atoms with Gasteiger partial charge in [0.1, 0.15) is 0 Å². The number of carbonyl (C=O) groups is 2. The molecule has 0 saturated carbocycles. The van der Waals surface area contributed by atoms with Crippen LogP contribution < -0.4 is 5.32 Å². The number of nitrogens with one attached hydrogen (secondary N) is 1. The summed E-state index contributed by atoms with van der Waals surface area (Å²) in [7, 11) is 3.14. The molecule has 4 nitrogen and oxygen atoms in total. The van der Waals surface area contributed by atoms with E-state index in [1.807, 2.05) is 0 Å². The number of hydrogen-bond donors (Lipinski definition) is 1. The Morgan fingerprint density at radius 2 is 2.27 bits per heavy atom. The smallest absolute Gasteiger partial charge is 0.254 e. The van der Waals surface area contributed by atoms with Crippen LogP contribution in [0.2, 0.25) is 0 Å². The zero-order valence-corrected chi connectivity index (χ0v) is 10.8. The molecule has 6 heteroatoms. The topological polar surface area (TPSA) is 49.4 Å². The van der Waals surface area contributed by atoms with E-state index in [1.165, 1.54) is 16.2 Å². The number of halogens is 1. The van der Waals surface area contributed by atoms with E-state index >= 15 is 0 Å². The fourth-order valence-electron chi connectivity index (χ4n) is 1.01. The highest BCUT2D eigenvalue weighted by Gasteiger charge is 2.15. The lowest BCUT2D eigenvalue weighted by molar-refractivity contribution is -0.121. The van der Waals surface area contributed by atoms with Crippen molar-refractivity contribution in [3.63, 3.8) is 0 Å². The number of likely N-dealkylation sites (N-methyl/N-ethyl adjacent to an activating group) is 2. The lowest BCUT2D eigenvalue weighted by atomic mass is 10.3. The van der Waals surface area contributed by atoms with Crippen LogP contribution in [0.1, 0.15) is 10.4 Å². The van der Waals surface area contributed by atoms with Gasteiger partial charge >= 0.3 is 0 Å². The fraction of sp³-hybridized carbons (Fsp3) is 0.333. The normalized spacial score (nSPS) is 9.80. The van der Waals surface area contributed by atoms with Crippen LogP contribution in [-0.4, -0.2) is 37.4 Å². The maximum atomic E-state index is 11.7. The SMILES string of the molecule is CNC(=O)CN(C)C(=O)c1csc(Br)c1. The number of amides is 2. The number of rotatable bonds is 3. The predicted octanol–water partition coefficient (Wildman–Crippen LogP) is 1.33. The van der Waals surface area contributed by atoms with Crippen LogP contribution in [0.4, 0.5) is 0 Å². The Morgan fingerprint density at radius 1 is 1.60 bits per heavy atom. The molecule has 0 spiro atoms. The third kappa shape index (κ3) is 3.32. The first-order valence-electron chi connectivity index (χ1n) is 4.24. The van der Waals surface area contributed by atoms with Crippen molar-refractivity contribution in [2.75, 3.05) is 20.6 Å². The average molecular weight is 291 g/mol. The molecule has 0 radical (unpaired) electrons. The standard InChI is InChI=1S/C9H11BrN2O2S/c1-11-8(13)4-12(2)9(14)6-3-7(10)15-5-6/h3,5H,4H2,1-2H3,(H,11,13). The van der Waals surface area contributed by atoms with E-state index in [9.17, 15) is 9.59 Å². The van der Waals surface area contributed by atoms with E-state index in [1.54, 1.807) is 25.5 Å². The van der Waals surface area contributed by atoms with E-state index in [4.69, 9.17) is 0 Å². The van der Waals surface area contributed by atoms with Gasteiger partial charge in [0.25, 0.3) is 5.91 Å². The first-order valence-corrected chi connectivity index (χ1v) is 5.92. The predicted molar refractivity (Wildman–Crippen MR) is 63.0 cm³/mol. The maximum absolute atomic E-state index is 11.7. The molecule has 1 N–H and O–H groups in total. The van der Waals surface area contributed by atoms with Crippen LogP contribution in [0.5, 0.6) is 0 Å². The number of carbonyl (C=O) groups excluding carboxylic acids is 2. The zero-order chi connectivity index (χ0) is 11.4. The van der Waals surface area contributed by atoms with E-state index in [2.05, 4.69) is 21.2 Å². The molecule has 0 fully saturated rings. The molecule has 1 aromatic rings. The molecule has 0 aliphatic heterocycles. The van der Waals surface area contributed by atoms with E-state index in [0.29, 0.717) is 5.56 Å². The van der Waals surface area contributed by atoms with Crippen LogP contribution in [0.3, 0.4) is 0 Å². The summed E-state index contributed by atoms with van der Waals surface area (Å²) in [6, 6.07) is 1.74. The summed E-state index contributed by atoms with van der Waals surface area (Å²) in [6.07, 6.45) is 0. The molecule has 0 atom stereocenters. The van der Waals surface area contributed by atoms with Crippen LogP contribution in [-0.2, 0) is 4.79 Å². The zero-order valence-electron chi connectivity index (χ0n) is 8.41. The highest BCUT2D eigenvalue weighted by atomic mass is 79.9. The second-order valence-corrected chi connectivity index (χ2v) is 5.26. The summed E-state index contributed by atoms with van der Waals surface area (Å²) in [6.45, 7) is 0.0722. The summed E-state index contributed by atoms with van der Waals surface area (Å²) in [4.78, 5) is 24.2. The minimum atomic E-state index is -0.180. The highest BCUT2D eigenvalue weighted by molar-refractivity contribution is 9.11. The minimum absolute atomic E-state index is 0.0722. The van der Waals surface area contributed by atoms with E-state index < -0.39 is 0 Å². The highest BCUT2D eigenvalue weighted by Crippen LogP contribution is 2.21. The van der Waals surface area contributed by atoms with Gasteiger partial charge in [0.05, 0.1) is 15.9 Å². The van der Waals surface area contributed by atoms with Crippen molar-refractivity contribution in [2.24, 2.45) is 0 Å². The van der Waals surface area contributed by atoms with Crippen LogP contribution >= 0.6 is 27.3 Å². The van der Waals surface area contributed by atoms with Gasteiger partial charge in [-0.25, -0.2) is 0 Å². The molecule has 0 saturated heterocycles. The van der Waals surface area contributed by atoms with Gasteiger partial charge < -0.3 is 10.2 Å². The molecule has 2 amide bonds. The Hall–Kier alpha value is -0.880. The first kappa shape index (κ1) is 12.2. The number of hydrogen-bond acceptors (Lipinski definition) is 3. The Kier molecular flexibility index (Phi) is 4.28.